The zero-order valence-corrected chi connectivity index (χ0v) is 26.2. The molecule has 11 heteroatoms. The van der Waals surface area contributed by atoms with Crippen molar-refractivity contribution in [2.75, 3.05) is 7.11 Å². The number of rotatable bonds is 13. The Morgan fingerprint density at radius 3 is 2.23 bits per heavy atom. The van der Waals surface area contributed by atoms with Crippen LogP contribution in [0.15, 0.2) is 96.1 Å². The van der Waals surface area contributed by atoms with Gasteiger partial charge in [-0.05, 0) is 72.1 Å². The molecule has 0 fully saturated rings. The molecule has 4 aromatic rings. The summed E-state index contributed by atoms with van der Waals surface area (Å²) in [6.45, 7) is 1.90. The van der Waals surface area contributed by atoms with E-state index in [0.29, 0.717) is 39.5 Å². The van der Waals surface area contributed by atoms with Crippen LogP contribution in [-0.2, 0) is 22.6 Å². The van der Waals surface area contributed by atoms with Crippen LogP contribution in [0, 0.1) is 0 Å². The van der Waals surface area contributed by atoms with Gasteiger partial charge in [0.25, 0.3) is 11.8 Å². The van der Waals surface area contributed by atoms with E-state index in [2.05, 4.69) is 15.8 Å². The van der Waals surface area contributed by atoms with Gasteiger partial charge >= 0.3 is 0 Å². The van der Waals surface area contributed by atoms with Crippen molar-refractivity contribution in [3.8, 4) is 17.2 Å². The molecule has 0 saturated carbocycles. The largest absolute Gasteiger partial charge is 0.493 e. The maximum Gasteiger partial charge on any atom is 0.262 e. The summed E-state index contributed by atoms with van der Waals surface area (Å²) in [7, 11) is 1.54. The van der Waals surface area contributed by atoms with Crippen molar-refractivity contribution in [3.05, 3.63) is 123 Å². The minimum absolute atomic E-state index is 0.232. The molecule has 0 unspecified atom stereocenters. The summed E-state index contributed by atoms with van der Waals surface area (Å²) >= 11 is 18.1. The molecule has 2 N–H and O–H groups in total. The van der Waals surface area contributed by atoms with Crippen LogP contribution >= 0.6 is 34.8 Å². The highest BCUT2D eigenvalue weighted by atomic mass is 35.5. The van der Waals surface area contributed by atoms with E-state index in [9.17, 15) is 9.59 Å². The molecule has 0 aliphatic heterocycles. The molecular formula is C33H30Cl3N3O5. The molecule has 2 atom stereocenters. The number of carbonyl (C=O) groups is 2. The van der Waals surface area contributed by atoms with E-state index in [1.807, 2.05) is 42.5 Å². The highest BCUT2D eigenvalue weighted by molar-refractivity contribution is 6.35. The maximum atomic E-state index is 13.2. The summed E-state index contributed by atoms with van der Waals surface area (Å²) in [5.41, 5.74) is 4.99. The van der Waals surface area contributed by atoms with Crippen LogP contribution in [0.2, 0.25) is 15.1 Å². The summed E-state index contributed by atoms with van der Waals surface area (Å²) in [5.74, 6) is 0.327. The molecule has 0 bridgehead atoms. The van der Waals surface area contributed by atoms with Gasteiger partial charge in [-0.25, -0.2) is 5.43 Å². The van der Waals surface area contributed by atoms with Crippen molar-refractivity contribution in [1.29, 1.82) is 0 Å². The van der Waals surface area contributed by atoms with Crippen LogP contribution in [-0.4, -0.2) is 37.3 Å². The van der Waals surface area contributed by atoms with Gasteiger partial charge in [-0.3, -0.25) is 9.59 Å². The summed E-state index contributed by atoms with van der Waals surface area (Å²) in [4.78, 5) is 26.2. The number of carbonyl (C=O) groups excluding carboxylic acids is 2. The number of ether oxygens (including phenoxy) is 3. The Kier molecular flexibility index (Phi) is 11.9. The molecule has 0 heterocycles. The fourth-order valence-electron chi connectivity index (χ4n) is 4.04. The van der Waals surface area contributed by atoms with Gasteiger partial charge in [0.2, 0.25) is 0 Å². The van der Waals surface area contributed by atoms with Gasteiger partial charge in [-0.1, -0.05) is 77.3 Å². The van der Waals surface area contributed by atoms with E-state index < -0.39 is 24.0 Å². The highest BCUT2D eigenvalue weighted by Gasteiger charge is 2.25. The zero-order valence-electron chi connectivity index (χ0n) is 23.9. The van der Waals surface area contributed by atoms with Gasteiger partial charge in [-0.2, -0.15) is 5.10 Å². The van der Waals surface area contributed by atoms with E-state index in [0.717, 1.165) is 11.1 Å². The number of hydrogen-bond acceptors (Lipinski definition) is 6. The van der Waals surface area contributed by atoms with Gasteiger partial charge in [0.15, 0.2) is 17.6 Å². The third-order valence-electron chi connectivity index (χ3n) is 6.37. The minimum atomic E-state index is -0.948. The number of hydrazone groups is 1. The first kappa shape index (κ1) is 32.7. The Balaban J connectivity index is 1.40. The van der Waals surface area contributed by atoms with Crippen LogP contribution in [0.25, 0.3) is 0 Å². The van der Waals surface area contributed by atoms with E-state index in [4.69, 9.17) is 49.0 Å². The second-order valence-electron chi connectivity index (χ2n) is 9.65. The number of halogens is 3. The highest BCUT2D eigenvalue weighted by Crippen LogP contribution is 2.29. The van der Waals surface area contributed by atoms with Crippen LogP contribution in [0.1, 0.15) is 23.6 Å². The first-order valence-corrected chi connectivity index (χ1v) is 14.7. The molecule has 0 spiro atoms. The predicted octanol–water partition coefficient (Wildman–Crippen LogP) is 6.88. The summed E-state index contributed by atoms with van der Waals surface area (Å²) in [6, 6.07) is 25.7. The lowest BCUT2D eigenvalue weighted by Gasteiger charge is -2.21. The Morgan fingerprint density at radius 1 is 0.818 bits per heavy atom. The molecule has 0 saturated heterocycles. The second kappa shape index (κ2) is 16.0. The van der Waals surface area contributed by atoms with Gasteiger partial charge in [0.1, 0.15) is 18.4 Å². The lowest BCUT2D eigenvalue weighted by atomic mass is 10.1. The van der Waals surface area contributed by atoms with Crippen molar-refractivity contribution in [2.45, 2.75) is 32.1 Å². The van der Waals surface area contributed by atoms with Crippen LogP contribution in [0.5, 0.6) is 17.2 Å². The summed E-state index contributed by atoms with van der Waals surface area (Å²) in [5, 5.41) is 8.22. The number of amides is 2. The van der Waals surface area contributed by atoms with Crippen molar-refractivity contribution < 1.29 is 23.8 Å². The third-order valence-corrected chi connectivity index (χ3v) is 7.15. The number of hydrogen-bond donors (Lipinski definition) is 2. The van der Waals surface area contributed by atoms with Crippen LogP contribution < -0.4 is 25.0 Å². The monoisotopic (exact) mass is 653 g/mol. The van der Waals surface area contributed by atoms with E-state index in [1.54, 1.807) is 49.4 Å². The minimum Gasteiger partial charge on any atom is -0.493 e. The molecule has 8 nitrogen and oxygen atoms in total. The van der Waals surface area contributed by atoms with Crippen LogP contribution in [0.3, 0.4) is 0 Å². The Bertz CT molecular complexity index is 1600. The summed E-state index contributed by atoms with van der Waals surface area (Å²) < 4.78 is 17.1. The molecule has 228 valence electrons. The Hall–Kier alpha value is -4.24. The molecule has 44 heavy (non-hydrogen) atoms. The van der Waals surface area contributed by atoms with Gasteiger partial charge in [0.05, 0.1) is 18.3 Å². The molecule has 2 amide bonds. The lowest BCUT2D eigenvalue weighted by molar-refractivity contribution is -0.132. The fraction of sp³-hybridized carbons (Fsp3) is 0.182. The van der Waals surface area contributed by atoms with Crippen molar-refractivity contribution in [3.63, 3.8) is 0 Å². The zero-order chi connectivity index (χ0) is 31.5. The van der Waals surface area contributed by atoms with Crippen molar-refractivity contribution >= 4 is 52.8 Å². The fourth-order valence-corrected chi connectivity index (χ4v) is 4.62. The molecule has 0 aliphatic rings. The number of nitrogens with zero attached hydrogens (tertiary/aromatic N) is 1. The predicted molar refractivity (Wildman–Crippen MR) is 173 cm³/mol. The van der Waals surface area contributed by atoms with Gasteiger partial charge < -0.3 is 19.5 Å². The molecular weight excluding hydrogens is 625 g/mol. The maximum absolute atomic E-state index is 13.2. The van der Waals surface area contributed by atoms with E-state index in [1.165, 1.54) is 19.4 Å². The van der Waals surface area contributed by atoms with Crippen LogP contribution in [0.4, 0.5) is 0 Å². The number of methoxy groups -OCH3 is 1. The SMILES string of the molecule is COc1cc(/C=N\NC(=O)[C@@H](Cc2ccccc2)NC(=O)[C@H](C)Oc2ccc(Cl)cc2Cl)ccc1OCc1ccc(Cl)cc1. The Labute approximate surface area is 270 Å². The Morgan fingerprint density at radius 2 is 1.52 bits per heavy atom. The number of benzene rings is 4. The molecule has 0 aliphatic carbocycles. The molecule has 0 radical (unpaired) electrons. The van der Waals surface area contributed by atoms with E-state index in [-0.39, 0.29) is 11.4 Å². The smallest absolute Gasteiger partial charge is 0.262 e. The van der Waals surface area contributed by atoms with Gasteiger partial charge in [0, 0.05) is 16.5 Å². The quantitative estimate of drug-likeness (QED) is 0.121. The first-order valence-electron chi connectivity index (χ1n) is 13.6. The molecule has 4 rings (SSSR count). The normalized spacial score (nSPS) is 12.3. The van der Waals surface area contributed by atoms with E-state index >= 15 is 0 Å². The first-order chi connectivity index (χ1) is 21.2. The topological polar surface area (TPSA) is 98.2 Å². The van der Waals surface area contributed by atoms with Crippen molar-refractivity contribution in [2.24, 2.45) is 5.10 Å². The average molecular weight is 655 g/mol. The lowest BCUT2D eigenvalue weighted by Crippen LogP contribution is -2.50. The molecule has 4 aromatic carbocycles. The number of nitrogens with one attached hydrogen (secondary N) is 2. The second-order valence-corrected chi connectivity index (χ2v) is 10.9. The van der Waals surface area contributed by atoms with Crippen molar-refractivity contribution in [1.82, 2.24) is 10.7 Å². The molecule has 0 aromatic heterocycles. The summed E-state index contributed by atoms with van der Waals surface area (Å²) in [6.07, 6.45) is 0.755. The third kappa shape index (κ3) is 9.64. The standard InChI is InChI=1S/C33H30Cl3N3O5/c1-21(44-29-15-13-26(35)18-27(29)36)32(40)38-28(16-22-6-4-3-5-7-22)33(41)39-37-19-24-10-14-30(31(17-24)42-2)43-20-23-8-11-25(34)12-9-23/h3-15,17-19,21,28H,16,20H2,1-2H3,(H,38,40)(H,39,41)/b37-19-/t21-,28+/m0/s1. The van der Waals surface area contributed by atoms with Gasteiger partial charge in [-0.15, -0.1) is 0 Å². The average Bonchev–Trinajstić information content (AvgIpc) is 3.02.